The maximum absolute atomic E-state index is 11.9. The van der Waals surface area contributed by atoms with Crippen molar-refractivity contribution < 1.29 is 4.79 Å². The number of amides is 1. The van der Waals surface area contributed by atoms with Crippen LogP contribution in [0.15, 0.2) is 41.6 Å². The molecule has 1 aromatic heterocycles. The summed E-state index contributed by atoms with van der Waals surface area (Å²) in [5, 5.41) is 8.66. The van der Waals surface area contributed by atoms with E-state index in [0.717, 1.165) is 11.3 Å². The SMILES string of the molecule is CCSc1nnc(C)n1NC(=O)C=Cc1ccccc1. The van der Waals surface area contributed by atoms with Crippen LogP contribution in [-0.4, -0.2) is 26.5 Å². The van der Waals surface area contributed by atoms with Crippen LogP contribution in [0, 0.1) is 6.92 Å². The van der Waals surface area contributed by atoms with Crippen molar-refractivity contribution in [3.8, 4) is 0 Å². The number of carbonyl (C=O) groups is 1. The zero-order chi connectivity index (χ0) is 14.4. The predicted octanol–water partition coefficient (Wildman–Crippen LogP) is 2.48. The standard InChI is InChI=1S/C14H16N4OS/c1-3-20-14-16-15-11(2)18(14)17-13(19)10-9-12-7-5-4-6-8-12/h4-10H,3H2,1-2H3,(H,17,19). The number of aromatic nitrogens is 3. The van der Waals surface area contributed by atoms with Crippen LogP contribution in [0.1, 0.15) is 18.3 Å². The van der Waals surface area contributed by atoms with Crippen molar-refractivity contribution in [1.82, 2.24) is 14.9 Å². The summed E-state index contributed by atoms with van der Waals surface area (Å²) in [6.07, 6.45) is 3.26. The molecule has 2 rings (SSSR count). The fourth-order valence-corrected chi connectivity index (χ4v) is 2.24. The number of nitrogens with zero attached hydrogens (tertiary/aromatic N) is 3. The van der Waals surface area contributed by atoms with Gasteiger partial charge in [0.2, 0.25) is 5.16 Å². The Bertz CT molecular complexity index is 607. The van der Waals surface area contributed by atoms with Gasteiger partial charge in [0.15, 0.2) is 0 Å². The summed E-state index contributed by atoms with van der Waals surface area (Å²) in [6, 6.07) is 9.67. The van der Waals surface area contributed by atoms with E-state index < -0.39 is 0 Å². The number of hydrogen-bond donors (Lipinski definition) is 1. The largest absolute Gasteiger partial charge is 0.268 e. The average Bonchev–Trinajstić information content (AvgIpc) is 2.80. The van der Waals surface area contributed by atoms with Gasteiger partial charge in [-0.25, -0.2) is 4.68 Å². The monoisotopic (exact) mass is 288 g/mol. The molecular weight excluding hydrogens is 272 g/mol. The lowest BCUT2D eigenvalue weighted by molar-refractivity contribution is -0.112. The quantitative estimate of drug-likeness (QED) is 0.678. The van der Waals surface area contributed by atoms with Crippen molar-refractivity contribution in [1.29, 1.82) is 0 Å². The molecule has 0 bridgehead atoms. The number of carbonyl (C=O) groups excluding carboxylic acids is 1. The lowest BCUT2D eigenvalue weighted by Gasteiger charge is -2.07. The minimum Gasteiger partial charge on any atom is -0.268 e. The van der Waals surface area contributed by atoms with E-state index in [2.05, 4.69) is 15.6 Å². The van der Waals surface area contributed by atoms with Crippen LogP contribution < -0.4 is 5.43 Å². The topological polar surface area (TPSA) is 59.8 Å². The van der Waals surface area contributed by atoms with Gasteiger partial charge in [0.05, 0.1) is 0 Å². The van der Waals surface area contributed by atoms with E-state index >= 15 is 0 Å². The number of benzene rings is 1. The Morgan fingerprint density at radius 2 is 2.10 bits per heavy atom. The van der Waals surface area contributed by atoms with E-state index in [1.165, 1.54) is 17.8 Å². The van der Waals surface area contributed by atoms with Crippen molar-refractivity contribution in [2.75, 3.05) is 11.2 Å². The van der Waals surface area contributed by atoms with Crippen molar-refractivity contribution in [3.63, 3.8) is 0 Å². The summed E-state index contributed by atoms with van der Waals surface area (Å²) in [4.78, 5) is 11.9. The molecule has 104 valence electrons. The van der Waals surface area contributed by atoms with Crippen LogP contribution in [0.25, 0.3) is 6.08 Å². The summed E-state index contributed by atoms with van der Waals surface area (Å²) in [5.41, 5.74) is 3.74. The maximum atomic E-state index is 11.9. The summed E-state index contributed by atoms with van der Waals surface area (Å²) in [5.74, 6) is 1.31. The summed E-state index contributed by atoms with van der Waals surface area (Å²) >= 11 is 1.53. The second-order valence-corrected chi connectivity index (χ2v) is 5.25. The molecule has 0 aliphatic heterocycles. The van der Waals surface area contributed by atoms with Gasteiger partial charge in [0.25, 0.3) is 5.91 Å². The molecule has 0 unspecified atom stereocenters. The smallest absolute Gasteiger partial charge is 0.262 e. The average molecular weight is 288 g/mol. The highest BCUT2D eigenvalue weighted by atomic mass is 32.2. The van der Waals surface area contributed by atoms with Gasteiger partial charge in [-0.2, -0.15) is 0 Å². The predicted molar refractivity (Wildman–Crippen MR) is 81.0 cm³/mol. The minimum absolute atomic E-state index is 0.213. The summed E-state index contributed by atoms with van der Waals surface area (Å²) < 4.78 is 1.60. The number of rotatable bonds is 5. The van der Waals surface area contributed by atoms with Gasteiger partial charge in [0.1, 0.15) is 5.82 Å². The van der Waals surface area contributed by atoms with Gasteiger partial charge < -0.3 is 0 Å². The Kier molecular flexibility index (Phi) is 4.95. The van der Waals surface area contributed by atoms with Crippen LogP contribution in [0.2, 0.25) is 0 Å². The van der Waals surface area contributed by atoms with Gasteiger partial charge in [0, 0.05) is 6.08 Å². The summed E-state index contributed by atoms with van der Waals surface area (Å²) in [7, 11) is 0. The van der Waals surface area contributed by atoms with Crippen molar-refractivity contribution in [2.24, 2.45) is 0 Å². The molecule has 0 spiro atoms. The maximum Gasteiger partial charge on any atom is 0.262 e. The Labute approximate surface area is 122 Å². The third-order valence-electron chi connectivity index (χ3n) is 2.52. The van der Waals surface area contributed by atoms with E-state index in [1.54, 1.807) is 17.7 Å². The molecule has 20 heavy (non-hydrogen) atoms. The molecule has 0 saturated carbocycles. The van der Waals surface area contributed by atoms with Crippen LogP contribution in [0.4, 0.5) is 0 Å². The molecule has 0 radical (unpaired) electrons. The van der Waals surface area contributed by atoms with Crippen molar-refractivity contribution >= 4 is 23.7 Å². The van der Waals surface area contributed by atoms with E-state index in [1.807, 2.05) is 37.3 Å². The van der Waals surface area contributed by atoms with Crippen LogP contribution in [0.3, 0.4) is 0 Å². The van der Waals surface area contributed by atoms with Gasteiger partial charge in [-0.1, -0.05) is 49.0 Å². The third kappa shape index (κ3) is 3.71. The normalized spacial score (nSPS) is 10.9. The Morgan fingerprint density at radius 3 is 2.80 bits per heavy atom. The Balaban J connectivity index is 2.05. The molecule has 1 N–H and O–H groups in total. The Morgan fingerprint density at radius 1 is 1.35 bits per heavy atom. The lowest BCUT2D eigenvalue weighted by atomic mass is 10.2. The van der Waals surface area contributed by atoms with E-state index in [0.29, 0.717) is 11.0 Å². The van der Waals surface area contributed by atoms with E-state index in [9.17, 15) is 4.79 Å². The molecule has 5 nitrogen and oxygen atoms in total. The first-order valence-electron chi connectivity index (χ1n) is 6.29. The first-order valence-corrected chi connectivity index (χ1v) is 7.28. The number of aryl methyl sites for hydroxylation is 1. The molecule has 1 heterocycles. The molecule has 0 atom stereocenters. The molecule has 2 aromatic rings. The number of nitrogens with one attached hydrogen (secondary N) is 1. The van der Waals surface area contributed by atoms with Gasteiger partial charge in [-0.05, 0) is 24.3 Å². The zero-order valence-electron chi connectivity index (χ0n) is 11.4. The molecule has 0 aliphatic rings. The lowest BCUT2D eigenvalue weighted by Crippen LogP contribution is -2.22. The first kappa shape index (κ1) is 14.3. The highest BCUT2D eigenvalue weighted by Gasteiger charge is 2.09. The third-order valence-corrected chi connectivity index (χ3v) is 3.33. The molecule has 6 heteroatoms. The minimum atomic E-state index is -0.213. The fraction of sp³-hybridized carbons (Fsp3) is 0.214. The zero-order valence-corrected chi connectivity index (χ0v) is 12.2. The molecular formula is C14H16N4OS. The van der Waals surface area contributed by atoms with Gasteiger partial charge >= 0.3 is 0 Å². The van der Waals surface area contributed by atoms with Crippen molar-refractivity contribution in [2.45, 2.75) is 19.0 Å². The van der Waals surface area contributed by atoms with Gasteiger partial charge in [-0.3, -0.25) is 10.2 Å². The Hall–Kier alpha value is -2.08. The highest BCUT2D eigenvalue weighted by molar-refractivity contribution is 7.99. The fourth-order valence-electron chi connectivity index (χ4n) is 1.58. The summed E-state index contributed by atoms with van der Waals surface area (Å²) in [6.45, 7) is 3.82. The second kappa shape index (κ2) is 6.91. The van der Waals surface area contributed by atoms with E-state index in [4.69, 9.17) is 0 Å². The van der Waals surface area contributed by atoms with E-state index in [-0.39, 0.29) is 5.91 Å². The number of thioether (sulfide) groups is 1. The van der Waals surface area contributed by atoms with Gasteiger partial charge in [-0.15, -0.1) is 10.2 Å². The second-order valence-electron chi connectivity index (χ2n) is 4.02. The molecule has 0 aliphatic carbocycles. The van der Waals surface area contributed by atoms with Crippen LogP contribution in [0.5, 0.6) is 0 Å². The van der Waals surface area contributed by atoms with Crippen molar-refractivity contribution in [3.05, 3.63) is 47.8 Å². The molecule has 0 saturated heterocycles. The molecule has 0 fully saturated rings. The molecule has 1 amide bonds. The van der Waals surface area contributed by atoms with Crippen LogP contribution in [-0.2, 0) is 4.79 Å². The van der Waals surface area contributed by atoms with Crippen LogP contribution >= 0.6 is 11.8 Å². The highest BCUT2D eigenvalue weighted by Crippen LogP contribution is 2.14. The first-order chi connectivity index (χ1) is 9.70. The number of hydrogen-bond acceptors (Lipinski definition) is 4. The molecule has 1 aromatic carbocycles.